The van der Waals surface area contributed by atoms with Crippen molar-refractivity contribution in [2.24, 2.45) is 0 Å². The minimum absolute atomic E-state index is 0.0838. The van der Waals surface area contributed by atoms with E-state index in [9.17, 15) is 14.4 Å². The molecular formula is C15H29N5O3. The monoisotopic (exact) mass is 327 g/mol. The van der Waals surface area contributed by atoms with Crippen molar-refractivity contribution in [3.8, 4) is 0 Å². The lowest BCUT2D eigenvalue weighted by Crippen LogP contribution is -2.50. The molecule has 0 radical (unpaired) electrons. The van der Waals surface area contributed by atoms with Gasteiger partial charge in [0, 0.05) is 40.3 Å². The highest BCUT2D eigenvalue weighted by Gasteiger charge is 2.25. The smallest absolute Gasteiger partial charge is 0.321 e. The summed E-state index contributed by atoms with van der Waals surface area (Å²) in [6.07, 6.45) is 0.888. The SMILES string of the molecule is CCNC(=O)NC(=O)C(C)N1CCCN(CC(=O)N(C)C)CC1. The molecule has 0 saturated carbocycles. The maximum absolute atomic E-state index is 12.1. The van der Waals surface area contributed by atoms with E-state index in [1.807, 2.05) is 0 Å². The van der Waals surface area contributed by atoms with Crippen LogP contribution in [0.3, 0.4) is 0 Å². The molecule has 0 aromatic carbocycles. The lowest BCUT2D eigenvalue weighted by atomic mass is 10.2. The summed E-state index contributed by atoms with van der Waals surface area (Å²) in [5.74, 6) is -0.214. The molecule has 1 saturated heterocycles. The lowest BCUT2D eigenvalue weighted by Gasteiger charge is -2.26. The molecule has 0 aromatic heterocycles. The molecule has 1 rings (SSSR count). The summed E-state index contributed by atoms with van der Waals surface area (Å²) in [7, 11) is 3.50. The molecule has 1 atom stereocenters. The summed E-state index contributed by atoms with van der Waals surface area (Å²) in [6.45, 7) is 7.52. The predicted octanol–water partition coefficient (Wildman–Crippen LogP) is -0.683. The van der Waals surface area contributed by atoms with Crippen molar-refractivity contribution in [1.82, 2.24) is 25.3 Å². The van der Waals surface area contributed by atoms with Gasteiger partial charge in [-0.05, 0) is 26.8 Å². The predicted molar refractivity (Wildman–Crippen MR) is 88.0 cm³/mol. The van der Waals surface area contributed by atoms with Crippen LogP contribution in [-0.4, -0.2) is 92.0 Å². The number of imide groups is 1. The van der Waals surface area contributed by atoms with Crippen LogP contribution < -0.4 is 10.6 Å². The van der Waals surface area contributed by atoms with Gasteiger partial charge in [0.15, 0.2) is 0 Å². The molecule has 0 bridgehead atoms. The van der Waals surface area contributed by atoms with Gasteiger partial charge in [-0.3, -0.25) is 24.7 Å². The molecule has 8 nitrogen and oxygen atoms in total. The molecule has 2 N–H and O–H groups in total. The fourth-order valence-corrected chi connectivity index (χ4v) is 2.46. The molecule has 0 aliphatic carbocycles. The summed E-state index contributed by atoms with van der Waals surface area (Å²) < 4.78 is 0. The number of nitrogens with zero attached hydrogens (tertiary/aromatic N) is 3. The molecule has 132 valence electrons. The molecule has 1 heterocycles. The van der Waals surface area contributed by atoms with Crippen LogP contribution in [0, 0.1) is 0 Å². The number of hydrogen-bond donors (Lipinski definition) is 2. The van der Waals surface area contributed by atoms with E-state index in [1.165, 1.54) is 0 Å². The van der Waals surface area contributed by atoms with E-state index in [2.05, 4.69) is 20.4 Å². The minimum Gasteiger partial charge on any atom is -0.348 e. The Labute approximate surface area is 138 Å². The number of hydrogen-bond acceptors (Lipinski definition) is 5. The van der Waals surface area contributed by atoms with E-state index in [4.69, 9.17) is 0 Å². The second-order valence-electron chi connectivity index (χ2n) is 5.98. The lowest BCUT2D eigenvalue weighted by molar-refractivity contribution is -0.130. The quantitative estimate of drug-likeness (QED) is 0.699. The Balaban J connectivity index is 2.48. The Kier molecular flexibility index (Phi) is 7.97. The van der Waals surface area contributed by atoms with Crippen LogP contribution in [0.25, 0.3) is 0 Å². The number of carbonyl (C=O) groups is 3. The summed E-state index contributed by atoms with van der Waals surface area (Å²) >= 11 is 0. The highest BCUT2D eigenvalue weighted by atomic mass is 16.2. The van der Waals surface area contributed by atoms with Gasteiger partial charge >= 0.3 is 6.03 Å². The van der Waals surface area contributed by atoms with Crippen molar-refractivity contribution >= 4 is 17.8 Å². The molecule has 8 heteroatoms. The van der Waals surface area contributed by atoms with Gasteiger partial charge in [0.25, 0.3) is 0 Å². The highest BCUT2D eigenvalue weighted by molar-refractivity contribution is 5.96. The molecule has 1 fully saturated rings. The first kappa shape index (κ1) is 19.4. The third-order valence-corrected chi connectivity index (χ3v) is 3.98. The molecule has 0 spiro atoms. The van der Waals surface area contributed by atoms with Crippen LogP contribution in [0.15, 0.2) is 0 Å². The third kappa shape index (κ3) is 6.54. The van der Waals surface area contributed by atoms with Gasteiger partial charge in [0.05, 0.1) is 12.6 Å². The number of amides is 4. The van der Waals surface area contributed by atoms with Gasteiger partial charge in [0.1, 0.15) is 0 Å². The Bertz CT molecular complexity index is 427. The Morgan fingerprint density at radius 3 is 2.43 bits per heavy atom. The van der Waals surface area contributed by atoms with Crippen molar-refractivity contribution in [3.05, 3.63) is 0 Å². The maximum Gasteiger partial charge on any atom is 0.321 e. The fourth-order valence-electron chi connectivity index (χ4n) is 2.46. The van der Waals surface area contributed by atoms with E-state index >= 15 is 0 Å². The summed E-state index contributed by atoms with van der Waals surface area (Å²) in [5.41, 5.74) is 0. The molecule has 0 aromatic rings. The largest absolute Gasteiger partial charge is 0.348 e. The standard InChI is InChI=1S/C15H29N5O3/c1-5-16-15(23)17-14(22)12(2)20-8-6-7-19(9-10-20)11-13(21)18(3)4/h12H,5-11H2,1-4H3,(H2,16,17,22,23). The number of rotatable bonds is 5. The van der Waals surface area contributed by atoms with Crippen LogP contribution in [0.5, 0.6) is 0 Å². The molecule has 4 amide bonds. The van der Waals surface area contributed by atoms with E-state index in [-0.39, 0.29) is 17.9 Å². The van der Waals surface area contributed by atoms with Crippen molar-refractivity contribution in [2.45, 2.75) is 26.3 Å². The molecule has 23 heavy (non-hydrogen) atoms. The minimum atomic E-state index is -0.461. The number of urea groups is 1. The topological polar surface area (TPSA) is 85.0 Å². The van der Waals surface area contributed by atoms with E-state index < -0.39 is 6.03 Å². The van der Waals surface area contributed by atoms with E-state index in [1.54, 1.807) is 32.8 Å². The van der Waals surface area contributed by atoms with Gasteiger partial charge in [-0.15, -0.1) is 0 Å². The van der Waals surface area contributed by atoms with E-state index in [0.29, 0.717) is 19.6 Å². The van der Waals surface area contributed by atoms with Gasteiger partial charge < -0.3 is 10.2 Å². The van der Waals surface area contributed by atoms with Gasteiger partial charge in [-0.2, -0.15) is 0 Å². The highest BCUT2D eigenvalue weighted by Crippen LogP contribution is 2.07. The van der Waals surface area contributed by atoms with Crippen molar-refractivity contribution in [2.75, 3.05) is 53.4 Å². The Morgan fingerprint density at radius 1 is 1.13 bits per heavy atom. The molecule has 1 aliphatic rings. The van der Waals surface area contributed by atoms with Gasteiger partial charge in [-0.1, -0.05) is 0 Å². The zero-order valence-corrected chi connectivity index (χ0v) is 14.6. The average molecular weight is 327 g/mol. The maximum atomic E-state index is 12.1. The zero-order chi connectivity index (χ0) is 17.4. The van der Waals surface area contributed by atoms with Crippen LogP contribution in [-0.2, 0) is 9.59 Å². The second-order valence-corrected chi connectivity index (χ2v) is 5.98. The molecule has 1 aliphatic heterocycles. The van der Waals surface area contributed by atoms with Crippen LogP contribution >= 0.6 is 0 Å². The van der Waals surface area contributed by atoms with Crippen molar-refractivity contribution in [3.63, 3.8) is 0 Å². The zero-order valence-electron chi connectivity index (χ0n) is 14.6. The van der Waals surface area contributed by atoms with Gasteiger partial charge in [0.2, 0.25) is 11.8 Å². The molecule has 1 unspecified atom stereocenters. The van der Waals surface area contributed by atoms with Crippen LogP contribution in [0.2, 0.25) is 0 Å². The summed E-state index contributed by atoms with van der Waals surface area (Å²) in [6, 6.07) is -0.834. The van der Waals surface area contributed by atoms with Crippen molar-refractivity contribution < 1.29 is 14.4 Å². The number of likely N-dealkylation sites (N-methyl/N-ethyl adjacent to an activating group) is 1. The first-order valence-electron chi connectivity index (χ1n) is 8.10. The Morgan fingerprint density at radius 2 is 1.83 bits per heavy atom. The summed E-state index contributed by atoms with van der Waals surface area (Å²) in [4.78, 5) is 41.1. The average Bonchev–Trinajstić information content (AvgIpc) is 2.72. The van der Waals surface area contributed by atoms with Crippen LogP contribution in [0.4, 0.5) is 4.79 Å². The molecular weight excluding hydrogens is 298 g/mol. The number of carbonyl (C=O) groups excluding carboxylic acids is 3. The normalized spacial score (nSPS) is 17.9. The first-order valence-corrected chi connectivity index (χ1v) is 8.10. The summed E-state index contributed by atoms with van der Waals surface area (Å²) in [5, 5.41) is 4.90. The van der Waals surface area contributed by atoms with Gasteiger partial charge in [-0.25, -0.2) is 4.79 Å². The third-order valence-electron chi connectivity index (χ3n) is 3.98. The Hall–Kier alpha value is -1.67. The van der Waals surface area contributed by atoms with E-state index in [0.717, 1.165) is 26.1 Å². The number of nitrogens with one attached hydrogen (secondary N) is 2. The first-order chi connectivity index (χ1) is 10.8. The van der Waals surface area contributed by atoms with Crippen molar-refractivity contribution in [1.29, 1.82) is 0 Å². The fraction of sp³-hybridized carbons (Fsp3) is 0.800. The second kappa shape index (κ2) is 9.46. The van der Waals surface area contributed by atoms with Crippen LogP contribution in [0.1, 0.15) is 20.3 Å².